The van der Waals surface area contributed by atoms with Crippen LogP contribution in [0.3, 0.4) is 0 Å². The van der Waals surface area contributed by atoms with Crippen molar-refractivity contribution in [3.05, 3.63) is 83.2 Å². The Kier molecular flexibility index (Phi) is 6.28. The van der Waals surface area contributed by atoms with Crippen molar-refractivity contribution in [3.63, 3.8) is 0 Å². The maximum atomic E-state index is 13.1. The van der Waals surface area contributed by atoms with Gasteiger partial charge in [0.05, 0.1) is 20.3 Å². The van der Waals surface area contributed by atoms with E-state index >= 15 is 0 Å². The van der Waals surface area contributed by atoms with E-state index in [4.69, 9.17) is 9.47 Å². The van der Waals surface area contributed by atoms with Gasteiger partial charge in [-0.25, -0.2) is 0 Å². The third-order valence-electron chi connectivity index (χ3n) is 6.04. The third-order valence-corrected chi connectivity index (χ3v) is 6.04. The Labute approximate surface area is 183 Å². The summed E-state index contributed by atoms with van der Waals surface area (Å²) in [5, 5.41) is 3.13. The van der Waals surface area contributed by atoms with Crippen LogP contribution in [0.25, 0.3) is 0 Å². The van der Waals surface area contributed by atoms with Crippen molar-refractivity contribution in [2.75, 3.05) is 27.3 Å². The lowest BCUT2D eigenvalue weighted by Gasteiger charge is -2.36. The summed E-state index contributed by atoms with van der Waals surface area (Å²) in [5.41, 5.74) is 4.35. The quantitative estimate of drug-likeness (QED) is 0.636. The van der Waals surface area contributed by atoms with Crippen LogP contribution in [-0.2, 0) is 20.0 Å². The molecule has 0 bridgehead atoms. The summed E-state index contributed by atoms with van der Waals surface area (Å²) < 4.78 is 12.9. The van der Waals surface area contributed by atoms with Crippen LogP contribution >= 0.6 is 0 Å². The van der Waals surface area contributed by atoms with E-state index in [-0.39, 0.29) is 11.9 Å². The van der Waals surface area contributed by atoms with Crippen molar-refractivity contribution in [1.29, 1.82) is 0 Å². The molecule has 1 atom stereocenters. The smallest absolute Gasteiger partial charge is 0.258 e. The van der Waals surface area contributed by atoms with E-state index in [2.05, 4.69) is 45.1 Å². The van der Waals surface area contributed by atoms with Gasteiger partial charge < -0.3 is 19.4 Å². The average Bonchev–Trinajstić information content (AvgIpc) is 3.23. The first-order chi connectivity index (χ1) is 15.1. The van der Waals surface area contributed by atoms with Crippen LogP contribution in [-0.4, -0.2) is 42.7 Å². The van der Waals surface area contributed by atoms with E-state index in [0.717, 1.165) is 19.5 Å². The molecule has 2 heterocycles. The molecule has 0 radical (unpaired) electrons. The Balaban J connectivity index is 1.57. The van der Waals surface area contributed by atoms with Crippen LogP contribution in [0.4, 0.5) is 0 Å². The number of carbonyl (C=O) groups is 1. The normalized spacial score (nSPS) is 14.5. The molecule has 0 aliphatic carbocycles. The van der Waals surface area contributed by atoms with Gasteiger partial charge in [0.1, 0.15) is 17.1 Å². The average molecular weight is 420 g/mol. The van der Waals surface area contributed by atoms with Gasteiger partial charge in [0.2, 0.25) is 0 Å². The summed E-state index contributed by atoms with van der Waals surface area (Å²) in [4.78, 5) is 15.6. The van der Waals surface area contributed by atoms with Crippen molar-refractivity contribution in [3.8, 4) is 11.5 Å². The highest BCUT2D eigenvalue weighted by molar-refractivity contribution is 5.99. The highest BCUT2D eigenvalue weighted by Gasteiger charge is 2.27. The molecule has 0 unspecified atom stereocenters. The molecule has 4 rings (SSSR count). The molecule has 3 aromatic rings. The first-order valence-electron chi connectivity index (χ1n) is 10.5. The number of rotatable bonds is 7. The molecule has 1 aliphatic heterocycles. The number of benzene rings is 2. The van der Waals surface area contributed by atoms with Gasteiger partial charge in [0.15, 0.2) is 0 Å². The minimum atomic E-state index is -0.203. The molecular weight excluding hydrogens is 390 g/mol. The van der Waals surface area contributed by atoms with Crippen LogP contribution in [0, 0.1) is 0 Å². The summed E-state index contributed by atoms with van der Waals surface area (Å²) >= 11 is 0. The maximum absolute atomic E-state index is 13.1. The molecule has 2 aromatic carbocycles. The molecule has 0 spiro atoms. The van der Waals surface area contributed by atoms with Gasteiger partial charge in [-0.05, 0) is 41.8 Å². The lowest BCUT2D eigenvalue weighted by atomic mass is 9.97. The Hall–Kier alpha value is -3.25. The second-order valence-electron chi connectivity index (χ2n) is 7.80. The number of amides is 1. The zero-order valence-electron chi connectivity index (χ0n) is 18.3. The lowest BCUT2D eigenvalue weighted by molar-refractivity contribution is 0.0919. The van der Waals surface area contributed by atoms with E-state index < -0.39 is 0 Å². The summed E-state index contributed by atoms with van der Waals surface area (Å²) in [6.07, 6.45) is 3.05. The topological polar surface area (TPSA) is 55.7 Å². The first kappa shape index (κ1) is 21.0. The zero-order chi connectivity index (χ0) is 21.8. The summed E-state index contributed by atoms with van der Waals surface area (Å²) in [5.74, 6) is 0.796. The number of methoxy groups -OCH3 is 2. The number of aryl methyl sites for hydroxylation is 1. The second-order valence-corrected chi connectivity index (χ2v) is 7.80. The number of hydrogen-bond donors (Lipinski definition) is 1. The van der Waals surface area contributed by atoms with Crippen LogP contribution in [0.2, 0.25) is 0 Å². The summed E-state index contributed by atoms with van der Waals surface area (Å²) in [6.45, 7) is 2.29. The second kappa shape index (κ2) is 9.27. The molecule has 162 valence electrons. The molecule has 0 saturated heterocycles. The van der Waals surface area contributed by atoms with Crippen LogP contribution in [0.5, 0.6) is 11.5 Å². The molecule has 0 fully saturated rings. The Morgan fingerprint density at radius 3 is 2.35 bits per heavy atom. The molecule has 1 amide bonds. The van der Waals surface area contributed by atoms with E-state index in [1.54, 1.807) is 26.4 Å². The van der Waals surface area contributed by atoms with Gasteiger partial charge in [0, 0.05) is 38.6 Å². The summed E-state index contributed by atoms with van der Waals surface area (Å²) in [6, 6.07) is 18.2. The monoisotopic (exact) mass is 419 g/mol. The van der Waals surface area contributed by atoms with Crippen molar-refractivity contribution in [2.24, 2.45) is 7.05 Å². The molecular formula is C25H29N3O3. The van der Waals surface area contributed by atoms with E-state index in [0.29, 0.717) is 23.6 Å². The fraction of sp³-hybridized carbons (Fsp3) is 0.320. The van der Waals surface area contributed by atoms with Gasteiger partial charge in [0.25, 0.3) is 5.91 Å². The number of hydrogen-bond acceptors (Lipinski definition) is 4. The SMILES string of the molecule is COc1cccc(OC)c1C(=O)NC[C@H](c1cccn1C)N1CCc2ccccc2C1. The van der Waals surface area contributed by atoms with E-state index in [1.165, 1.54) is 16.8 Å². The van der Waals surface area contributed by atoms with Crippen LogP contribution in [0.15, 0.2) is 60.8 Å². The minimum Gasteiger partial charge on any atom is -0.496 e. The van der Waals surface area contributed by atoms with Crippen molar-refractivity contribution in [1.82, 2.24) is 14.8 Å². The Morgan fingerprint density at radius 1 is 1.00 bits per heavy atom. The number of nitrogens with zero attached hydrogens (tertiary/aromatic N) is 2. The summed E-state index contributed by atoms with van der Waals surface area (Å²) in [7, 11) is 5.16. The highest BCUT2D eigenvalue weighted by atomic mass is 16.5. The third kappa shape index (κ3) is 4.30. The lowest BCUT2D eigenvalue weighted by Crippen LogP contribution is -2.41. The maximum Gasteiger partial charge on any atom is 0.258 e. The van der Waals surface area contributed by atoms with Gasteiger partial charge in [-0.2, -0.15) is 0 Å². The standard InChI is InChI=1S/C25H29N3O3/c1-27-14-7-10-20(27)21(28-15-13-18-8-4-5-9-19(18)17-28)16-26-25(29)24-22(30-2)11-6-12-23(24)31-3/h4-12,14,21H,13,15-17H2,1-3H3,(H,26,29)/t21-/m1/s1. The highest BCUT2D eigenvalue weighted by Crippen LogP contribution is 2.30. The zero-order valence-corrected chi connectivity index (χ0v) is 18.3. The molecule has 1 N–H and O–H groups in total. The predicted octanol–water partition coefficient (Wildman–Crippen LogP) is 3.57. The molecule has 6 nitrogen and oxygen atoms in total. The van der Waals surface area contributed by atoms with Crippen LogP contribution < -0.4 is 14.8 Å². The molecule has 1 aliphatic rings. The van der Waals surface area contributed by atoms with Gasteiger partial charge in [-0.3, -0.25) is 9.69 Å². The number of fused-ring (bicyclic) bond motifs is 1. The Bertz CT molecular complexity index is 1040. The van der Waals surface area contributed by atoms with Crippen molar-refractivity contribution >= 4 is 5.91 Å². The fourth-order valence-electron chi connectivity index (χ4n) is 4.38. The molecule has 0 saturated carbocycles. The number of ether oxygens (including phenoxy) is 2. The predicted molar refractivity (Wildman–Crippen MR) is 121 cm³/mol. The van der Waals surface area contributed by atoms with E-state index in [1.807, 2.05) is 25.4 Å². The Morgan fingerprint density at radius 2 is 1.71 bits per heavy atom. The molecule has 6 heteroatoms. The largest absolute Gasteiger partial charge is 0.496 e. The number of aromatic nitrogens is 1. The van der Waals surface area contributed by atoms with Gasteiger partial charge in [-0.15, -0.1) is 0 Å². The molecule has 1 aromatic heterocycles. The van der Waals surface area contributed by atoms with Gasteiger partial charge in [-0.1, -0.05) is 30.3 Å². The first-order valence-corrected chi connectivity index (χ1v) is 10.5. The van der Waals surface area contributed by atoms with E-state index in [9.17, 15) is 4.79 Å². The number of nitrogens with one attached hydrogen (secondary N) is 1. The van der Waals surface area contributed by atoms with Crippen LogP contribution in [0.1, 0.15) is 33.2 Å². The van der Waals surface area contributed by atoms with Gasteiger partial charge >= 0.3 is 0 Å². The fourth-order valence-corrected chi connectivity index (χ4v) is 4.38. The molecule has 31 heavy (non-hydrogen) atoms. The van der Waals surface area contributed by atoms with Crippen molar-refractivity contribution < 1.29 is 14.3 Å². The minimum absolute atomic E-state index is 0.0537. The van der Waals surface area contributed by atoms with Crippen molar-refractivity contribution in [2.45, 2.75) is 19.0 Å². The number of carbonyl (C=O) groups excluding carboxylic acids is 1.